The summed E-state index contributed by atoms with van der Waals surface area (Å²) < 4.78 is 12.0. The van der Waals surface area contributed by atoms with Gasteiger partial charge >= 0.3 is 0 Å². The summed E-state index contributed by atoms with van der Waals surface area (Å²) in [6.45, 7) is 0. The molecule has 1 aliphatic heterocycles. The molecule has 3 heterocycles. The maximum absolute atomic E-state index is 6.35. The number of benzene rings is 2. The van der Waals surface area contributed by atoms with Gasteiger partial charge in [-0.15, -0.1) is 0 Å². The molecular formula is C25H21N3O2S2. The molecule has 7 heteroatoms. The zero-order chi connectivity index (χ0) is 21.9. The van der Waals surface area contributed by atoms with Crippen LogP contribution in [0, 0.1) is 0 Å². The summed E-state index contributed by atoms with van der Waals surface area (Å²) in [4.78, 5) is 7.77. The van der Waals surface area contributed by atoms with E-state index in [4.69, 9.17) is 21.4 Å². The lowest BCUT2D eigenvalue weighted by Gasteiger charge is -2.27. The van der Waals surface area contributed by atoms with Gasteiger partial charge in [0.15, 0.2) is 10.2 Å². The van der Waals surface area contributed by atoms with Gasteiger partial charge in [-0.2, -0.15) is 0 Å². The van der Waals surface area contributed by atoms with E-state index in [0.717, 1.165) is 32.9 Å². The molecule has 0 amide bonds. The molecule has 1 fully saturated rings. The fourth-order valence-corrected chi connectivity index (χ4v) is 5.02. The monoisotopic (exact) mass is 459 g/mol. The number of methoxy groups -OCH3 is 1. The third-order valence-electron chi connectivity index (χ3n) is 5.30. The summed E-state index contributed by atoms with van der Waals surface area (Å²) in [6.07, 6.45) is 1.79. The van der Waals surface area contributed by atoms with Crippen LogP contribution in [0.1, 0.15) is 23.5 Å². The molecule has 4 aromatic rings. The molecule has 1 N–H and O–H groups in total. The van der Waals surface area contributed by atoms with Gasteiger partial charge in [-0.3, -0.25) is 4.98 Å². The van der Waals surface area contributed by atoms with Crippen LogP contribution in [0.2, 0.25) is 0 Å². The molecule has 0 radical (unpaired) electrons. The molecular weight excluding hydrogens is 438 g/mol. The Morgan fingerprint density at radius 1 is 0.969 bits per heavy atom. The normalized spacial score (nSPS) is 17.9. The highest BCUT2D eigenvalue weighted by Crippen LogP contribution is 2.45. The largest absolute Gasteiger partial charge is 0.495 e. The quantitative estimate of drug-likeness (QED) is 0.354. The van der Waals surface area contributed by atoms with Crippen molar-refractivity contribution in [2.75, 3.05) is 12.0 Å². The maximum Gasteiger partial charge on any atom is 0.174 e. The Morgan fingerprint density at radius 2 is 1.75 bits per heavy atom. The van der Waals surface area contributed by atoms with E-state index in [1.54, 1.807) is 25.1 Å². The highest BCUT2D eigenvalue weighted by molar-refractivity contribution is 7.99. The molecule has 160 valence electrons. The van der Waals surface area contributed by atoms with Crippen LogP contribution in [0.3, 0.4) is 0 Å². The van der Waals surface area contributed by atoms with Crippen LogP contribution in [-0.4, -0.2) is 17.2 Å². The first-order valence-electron chi connectivity index (χ1n) is 10.2. The fraction of sp³-hybridized carbons (Fsp3) is 0.120. The lowest BCUT2D eigenvalue weighted by Crippen LogP contribution is -2.29. The van der Waals surface area contributed by atoms with Gasteiger partial charge in [-0.1, -0.05) is 48.2 Å². The molecule has 1 aliphatic rings. The molecule has 2 aromatic carbocycles. The van der Waals surface area contributed by atoms with Gasteiger partial charge in [0.25, 0.3) is 0 Å². The number of pyridine rings is 1. The maximum atomic E-state index is 6.35. The number of nitrogens with one attached hydrogen (secondary N) is 1. The predicted molar refractivity (Wildman–Crippen MR) is 130 cm³/mol. The Labute approximate surface area is 196 Å². The third kappa shape index (κ3) is 3.97. The second kappa shape index (κ2) is 9.06. The molecule has 0 spiro atoms. The number of ether oxygens (including phenoxy) is 1. The second-order valence-electron chi connectivity index (χ2n) is 7.24. The number of rotatable bonds is 6. The number of furan rings is 1. The number of para-hydroxylation sites is 2. The molecule has 5 rings (SSSR count). The van der Waals surface area contributed by atoms with Crippen molar-refractivity contribution in [2.24, 2.45) is 0 Å². The van der Waals surface area contributed by atoms with Crippen LogP contribution in [0.15, 0.2) is 106 Å². The van der Waals surface area contributed by atoms with E-state index < -0.39 is 0 Å². The molecule has 0 bridgehead atoms. The van der Waals surface area contributed by atoms with Crippen molar-refractivity contribution in [2.45, 2.75) is 22.1 Å². The van der Waals surface area contributed by atoms with E-state index >= 15 is 0 Å². The van der Waals surface area contributed by atoms with Gasteiger partial charge in [0.1, 0.15) is 17.6 Å². The van der Waals surface area contributed by atoms with Crippen LogP contribution >= 0.6 is 24.0 Å². The first-order valence-corrected chi connectivity index (χ1v) is 11.4. The predicted octanol–water partition coefficient (Wildman–Crippen LogP) is 6.01. The van der Waals surface area contributed by atoms with Gasteiger partial charge in [0.2, 0.25) is 0 Å². The number of anilines is 1. The van der Waals surface area contributed by atoms with E-state index in [-0.39, 0.29) is 12.1 Å². The highest BCUT2D eigenvalue weighted by Gasteiger charge is 2.43. The highest BCUT2D eigenvalue weighted by atomic mass is 32.2. The van der Waals surface area contributed by atoms with Crippen LogP contribution in [0.25, 0.3) is 0 Å². The smallest absolute Gasteiger partial charge is 0.174 e. The first kappa shape index (κ1) is 20.6. The number of thiocarbonyl (C=S) groups is 1. The van der Waals surface area contributed by atoms with Crippen LogP contribution in [0.5, 0.6) is 5.75 Å². The van der Waals surface area contributed by atoms with Crippen LogP contribution in [0.4, 0.5) is 5.69 Å². The van der Waals surface area contributed by atoms with Crippen LogP contribution < -0.4 is 15.0 Å². The Morgan fingerprint density at radius 3 is 2.53 bits per heavy atom. The summed E-state index contributed by atoms with van der Waals surface area (Å²) in [5.41, 5.74) is 1.77. The van der Waals surface area contributed by atoms with Crippen molar-refractivity contribution in [3.63, 3.8) is 0 Å². The van der Waals surface area contributed by atoms with E-state index in [2.05, 4.69) is 27.3 Å². The van der Waals surface area contributed by atoms with Crippen molar-refractivity contribution >= 4 is 34.8 Å². The molecule has 0 unspecified atom stereocenters. The summed E-state index contributed by atoms with van der Waals surface area (Å²) >= 11 is 7.37. The molecule has 32 heavy (non-hydrogen) atoms. The minimum atomic E-state index is -0.223. The van der Waals surface area contributed by atoms with Crippen molar-refractivity contribution in [3.05, 3.63) is 103 Å². The SMILES string of the molecule is COc1ccccc1N1C(=S)N[C@@H](c2ccccn2)[C@@H]1c1ccc(Sc2ccccc2)o1. The Bertz CT molecular complexity index is 1210. The Hall–Kier alpha value is -3.29. The average Bonchev–Trinajstić information content (AvgIpc) is 3.44. The third-order valence-corrected chi connectivity index (χ3v) is 6.54. The van der Waals surface area contributed by atoms with Crippen molar-refractivity contribution in [1.29, 1.82) is 0 Å². The van der Waals surface area contributed by atoms with E-state index in [9.17, 15) is 0 Å². The molecule has 0 saturated carbocycles. The minimum absolute atomic E-state index is 0.172. The number of hydrogen-bond donors (Lipinski definition) is 1. The number of nitrogens with zero attached hydrogens (tertiary/aromatic N) is 2. The van der Waals surface area contributed by atoms with Crippen molar-refractivity contribution < 1.29 is 9.15 Å². The standard InChI is InChI=1S/C25H21N3O2S2/c1-29-20-13-6-5-12-19(20)28-24(23(27-25(28)31)18-11-7-8-16-26-18)21-14-15-22(30-21)32-17-9-3-2-4-10-17/h2-16,23-24H,1H3,(H,27,31)/t23-,24-/m0/s1. The molecule has 2 atom stereocenters. The molecule has 5 nitrogen and oxygen atoms in total. The van der Waals surface area contributed by atoms with Gasteiger partial charge in [-0.25, -0.2) is 0 Å². The van der Waals surface area contributed by atoms with Crippen LogP contribution in [-0.2, 0) is 0 Å². The van der Waals surface area contributed by atoms with E-state index in [1.807, 2.05) is 72.8 Å². The van der Waals surface area contributed by atoms with E-state index in [0.29, 0.717) is 5.11 Å². The molecule has 2 aromatic heterocycles. The van der Waals surface area contributed by atoms with Gasteiger partial charge < -0.3 is 19.4 Å². The van der Waals surface area contributed by atoms with Gasteiger partial charge in [0, 0.05) is 11.1 Å². The fourth-order valence-electron chi connectivity index (χ4n) is 3.88. The summed E-state index contributed by atoms with van der Waals surface area (Å²) in [5.74, 6) is 1.55. The van der Waals surface area contributed by atoms with Gasteiger partial charge in [-0.05, 0) is 60.7 Å². The topological polar surface area (TPSA) is 50.5 Å². The summed E-state index contributed by atoms with van der Waals surface area (Å²) in [6, 6.07) is 27.6. The number of hydrogen-bond acceptors (Lipinski definition) is 5. The second-order valence-corrected chi connectivity index (χ2v) is 8.70. The van der Waals surface area contributed by atoms with Gasteiger partial charge in [0.05, 0.1) is 24.5 Å². The lowest BCUT2D eigenvalue weighted by molar-refractivity contribution is 0.380. The number of aromatic nitrogens is 1. The molecule has 1 saturated heterocycles. The lowest BCUT2D eigenvalue weighted by atomic mass is 10.0. The minimum Gasteiger partial charge on any atom is -0.495 e. The first-order chi connectivity index (χ1) is 15.7. The average molecular weight is 460 g/mol. The Kier molecular flexibility index (Phi) is 5.83. The Balaban J connectivity index is 1.56. The van der Waals surface area contributed by atoms with Crippen molar-refractivity contribution in [3.8, 4) is 5.75 Å². The van der Waals surface area contributed by atoms with E-state index in [1.165, 1.54) is 0 Å². The van der Waals surface area contributed by atoms with Crippen molar-refractivity contribution in [1.82, 2.24) is 10.3 Å². The zero-order valence-electron chi connectivity index (χ0n) is 17.3. The zero-order valence-corrected chi connectivity index (χ0v) is 19.0. The summed E-state index contributed by atoms with van der Waals surface area (Å²) in [7, 11) is 1.66. The molecule has 0 aliphatic carbocycles. The summed E-state index contributed by atoms with van der Waals surface area (Å²) in [5, 5.41) is 4.87.